The molecule has 0 fully saturated rings. The maximum Gasteiger partial charge on any atom is 0.305 e. The largest absolute Gasteiger partial charge is 0.466 e. The van der Waals surface area contributed by atoms with Crippen LogP contribution in [0.15, 0.2) is 24.3 Å². The van der Waals surface area contributed by atoms with Crippen molar-refractivity contribution in [2.75, 3.05) is 25.2 Å². The Bertz CT molecular complexity index is 413. The first-order valence-corrected chi connectivity index (χ1v) is 13.6. The predicted molar refractivity (Wildman–Crippen MR) is 135 cm³/mol. The van der Waals surface area contributed by atoms with E-state index < -0.39 is 0 Å². The van der Waals surface area contributed by atoms with E-state index in [0.29, 0.717) is 26.2 Å². The fraction of sp³-hybridized carbons (Fsp3) is 0.808. The Hall–Kier alpha value is -0.650. The van der Waals surface area contributed by atoms with Gasteiger partial charge in [0.15, 0.2) is 6.29 Å². The molecule has 182 valence electrons. The highest BCUT2D eigenvalue weighted by Gasteiger charge is 2.11. The van der Waals surface area contributed by atoms with Crippen LogP contribution in [0.1, 0.15) is 104 Å². The maximum absolute atomic E-state index is 11.9. The molecule has 0 unspecified atom stereocenters. The Kier molecular flexibility index (Phi) is 25.1. The third-order valence-corrected chi connectivity index (χ3v) is 5.36. The van der Waals surface area contributed by atoms with Gasteiger partial charge in [-0.3, -0.25) is 4.79 Å². The lowest BCUT2D eigenvalue weighted by Crippen LogP contribution is -2.19. The van der Waals surface area contributed by atoms with Crippen molar-refractivity contribution in [1.29, 1.82) is 0 Å². The number of ether oxygens (including phenoxy) is 3. The van der Waals surface area contributed by atoms with Gasteiger partial charge >= 0.3 is 5.97 Å². The van der Waals surface area contributed by atoms with Gasteiger partial charge in [-0.15, -0.1) is 0 Å². The predicted octanol–water partition coefficient (Wildman–Crippen LogP) is 7.90. The summed E-state index contributed by atoms with van der Waals surface area (Å²) in [4.78, 5) is 11.9. The zero-order valence-corrected chi connectivity index (χ0v) is 21.7. The smallest absolute Gasteiger partial charge is 0.305 e. The van der Waals surface area contributed by atoms with E-state index in [-0.39, 0.29) is 12.3 Å². The van der Waals surface area contributed by atoms with Crippen LogP contribution in [0.2, 0.25) is 0 Å². The van der Waals surface area contributed by atoms with Gasteiger partial charge in [0.25, 0.3) is 0 Å². The minimum Gasteiger partial charge on any atom is -0.466 e. The quantitative estimate of drug-likeness (QED) is 0.0467. The van der Waals surface area contributed by atoms with Crippen molar-refractivity contribution in [2.24, 2.45) is 0 Å². The van der Waals surface area contributed by atoms with E-state index in [1.165, 1.54) is 0 Å². The van der Waals surface area contributed by atoms with Gasteiger partial charge in [0.1, 0.15) is 0 Å². The molecule has 0 aliphatic carbocycles. The lowest BCUT2D eigenvalue weighted by molar-refractivity contribution is -0.152. The SMILES string of the molecule is CC/C=C\CCCCOC(CCCC(=O)OCCCCCBr)OCCCC/C=C\CC. The molecule has 0 aromatic rings. The summed E-state index contributed by atoms with van der Waals surface area (Å²) >= 11 is 3.41. The molecule has 0 atom stereocenters. The van der Waals surface area contributed by atoms with Crippen LogP contribution >= 0.6 is 15.9 Å². The lowest BCUT2D eigenvalue weighted by Gasteiger charge is -2.18. The molecule has 0 aliphatic rings. The number of alkyl halides is 1. The van der Waals surface area contributed by atoms with Gasteiger partial charge in [0, 0.05) is 25.0 Å². The Labute approximate surface area is 200 Å². The van der Waals surface area contributed by atoms with Crippen molar-refractivity contribution >= 4 is 21.9 Å². The Morgan fingerprint density at radius 2 is 1.32 bits per heavy atom. The highest BCUT2D eigenvalue weighted by Crippen LogP contribution is 2.11. The van der Waals surface area contributed by atoms with Gasteiger partial charge in [-0.05, 0) is 83.5 Å². The summed E-state index contributed by atoms with van der Waals surface area (Å²) in [6, 6.07) is 0. The highest BCUT2D eigenvalue weighted by atomic mass is 79.9. The summed E-state index contributed by atoms with van der Waals surface area (Å²) < 4.78 is 17.3. The van der Waals surface area contributed by atoms with E-state index >= 15 is 0 Å². The first kappa shape index (κ1) is 30.4. The molecule has 0 aromatic carbocycles. The van der Waals surface area contributed by atoms with Crippen molar-refractivity contribution in [3.05, 3.63) is 24.3 Å². The maximum atomic E-state index is 11.9. The number of esters is 1. The second kappa shape index (κ2) is 25.6. The molecule has 0 radical (unpaired) electrons. The molecule has 4 nitrogen and oxygen atoms in total. The zero-order valence-electron chi connectivity index (χ0n) is 20.1. The summed E-state index contributed by atoms with van der Waals surface area (Å²) in [7, 11) is 0. The molecule has 0 saturated carbocycles. The van der Waals surface area contributed by atoms with Gasteiger partial charge < -0.3 is 14.2 Å². The van der Waals surface area contributed by atoms with Crippen molar-refractivity contribution in [1.82, 2.24) is 0 Å². The first-order chi connectivity index (χ1) is 15.2. The number of hydrogen-bond donors (Lipinski definition) is 0. The standard InChI is InChI=1S/C26H47BrO4/c1-3-5-7-9-11-15-23-30-26(31-24-16-12-10-8-6-4-2)20-18-19-25(28)29-22-17-13-14-21-27/h5-8,26H,3-4,9-24H2,1-2H3/b7-5-,8-6-. The van der Waals surface area contributed by atoms with Crippen LogP contribution in [0, 0.1) is 0 Å². The molecular weight excluding hydrogens is 456 g/mol. The Morgan fingerprint density at radius 3 is 1.87 bits per heavy atom. The number of halogens is 1. The number of hydrogen-bond acceptors (Lipinski definition) is 4. The molecule has 0 bridgehead atoms. The fourth-order valence-corrected chi connectivity index (χ4v) is 3.38. The second-order valence-electron chi connectivity index (χ2n) is 7.78. The van der Waals surface area contributed by atoms with E-state index in [0.717, 1.165) is 88.8 Å². The number of carbonyl (C=O) groups excluding carboxylic acids is 1. The van der Waals surface area contributed by atoms with Gasteiger partial charge in [-0.1, -0.05) is 54.1 Å². The molecule has 0 N–H and O–H groups in total. The summed E-state index contributed by atoms with van der Waals surface area (Å²) in [6.07, 6.45) is 22.5. The molecule has 0 aliphatic heterocycles. The van der Waals surface area contributed by atoms with Gasteiger partial charge in [0.05, 0.1) is 6.61 Å². The fourth-order valence-electron chi connectivity index (χ4n) is 2.99. The molecule has 31 heavy (non-hydrogen) atoms. The summed E-state index contributed by atoms with van der Waals surface area (Å²) in [5.74, 6) is -0.108. The van der Waals surface area contributed by atoms with E-state index in [2.05, 4.69) is 54.1 Å². The van der Waals surface area contributed by atoms with Crippen LogP contribution in [0.25, 0.3) is 0 Å². The summed E-state index contributed by atoms with van der Waals surface area (Å²) in [5, 5.41) is 1.01. The van der Waals surface area contributed by atoms with E-state index in [1.54, 1.807) is 0 Å². The van der Waals surface area contributed by atoms with Gasteiger partial charge in [-0.2, -0.15) is 0 Å². The molecule has 5 heteroatoms. The van der Waals surface area contributed by atoms with Crippen LogP contribution in [-0.2, 0) is 19.0 Å². The minimum absolute atomic E-state index is 0.108. The Balaban J connectivity index is 4.04. The van der Waals surface area contributed by atoms with Crippen LogP contribution in [-0.4, -0.2) is 37.4 Å². The van der Waals surface area contributed by atoms with Crippen LogP contribution in [0.4, 0.5) is 0 Å². The van der Waals surface area contributed by atoms with Crippen LogP contribution in [0.3, 0.4) is 0 Å². The van der Waals surface area contributed by atoms with E-state index in [1.807, 2.05) is 0 Å². The molecule has 0 aromatic heterocycles. The van der Waals surface area contributed by atoms with Crippen molar-refractivity contribution < 1.29 is 19.0 Å². The zero-order chi connectivity index (χ0) is 22.8. The first-order valence-electron chi connectivity index (χ1n) is 12.5. The molecule has 0 amide bonds. The van der Waals surface area contributed by atoms with Gasteiger partial charge in [0.2, 0.25) is 0 Å². The number of unbranched alkanes of at least 4 members (excludes halogenated alkanes) is 6. The van der Waals surface area contributed by atoms with Crippen molar-refractivity contribution in [3.63, 3.8) is 0 Å². The number of rotatable bonds is 23. The summed E-state index contributed by atoms with van der Waals surface area (Å²) in [5.41, 5.74) is 0. The van der Waals surface area contributed by atoms with E-state index in [9.17, 15) is 4.79 Å². The lowest BCUT2D eigenvalue weighted by atomic mass is 10.2. The van der Waals surface area contributed by atoms with E-state index in [4.69, 9.17) is 14.2 Å². The molecule has 0 saturated heterocycles. The van der Waals surface area contributed by atoms with Crippen molar-refractivity contribution in [3.8, 4) is 0 Å². The van der Waals surface area contributed by atoms with Crippen LogP contribution in [0.5, 0.6) is 0 Å². The van der Waals surface area contributed by atoms with Crippen molar-refractivity contribution in [2.45, 2.75) is 110 Å². The Morgan fingerprint density at radius 1 is 0.742 bits per heavy atom. The second-order valence-corrected chi connectivity index (χ2v) is 8.58. The average Bonchev–Trinajstić information content (AvgIpc) is 2.77. The normalized spacial score (nSPS) is 11.9. The summed E-state index contributed by atoms with van der Waals surface area (Å²) in [6.45, 7) is 6.26. The topological polar surface area (TPSA) is 44.8 Å². The molecule has 0 heterocycles. The van der Waals surface area contributed by atoms with Gasteiger partial charge in [-0.25, -0.2) is 0 Å². The average molecular weight is 504 g/mol. The molecule has 0 spiro atoms. The molecular formula is C26H47BrO4. The minimum atomic E-state index is -0.218. The van der Waals surface area contributed by atoms with Crippen LogP contribution < -0.4 is 0 Å². The molecule has 0 rings (SSSR count). The third kappa shape index (κ3) is 23.8. The number of allylic oxidation sites excluding steroid dienone is 4. The third-order valence-electron chi connectivity index (χ3n) is 4.80. The highest BCUT2D eigenvalue weighted by molar-refractivity contribution is 9.09. The monoisotopic (exact) mass is 502 g/mol. The number of carbonyl (C=O) groups is 1.